The van der Waals surface area contributed by atoms with Crippen LogP contribution in [0.4, 0.5) is 0 Å². The molecule has 1 aliphatic rings. The van der Waals surface area contributed by atoms with Crippen LogP contribution in [-0.4, -0.2) is 59.6 Å². The molecule has 1 aromatic carbocycles. The van der Waals surface area contributed by atoms with E-state index < -0.39 is 6.04 Å². The molecule has 0 aliphatic carbocycles. The molecule has 1 fully saturated rings. The zero-order valence-corrected chi connectivity index (χ0v) is 11.6. The van der Waals surface area contributed by atoms with Crippen molar-refractivity contribution in [2.75, 3.05) is 26.7 Å². The third kappa shape index (κ3) is 3.14. The summed E-state index contributed by atoms with van der Waals surface area (Å²) in [5.74, 6) is 0.0219. The summed E-state index contributed by atoms with van der Waals surface area (Å²) < 4.78 is 0. The summed E-state index contributed by atoms with van der Waals surface area (Å²) in [6.45, 7) is 3.53. The van der Waals surface area contributed by atoms with Crippen LogP contribution in [-0.2, 0) is 11.2 Å². The van der Waals surface area contributed by atoms with E-state index in [1.807, 2.05) is 18.2 Å². The van der Waals surface area contributed by atoms with Crippen LogP contribution < -0.4 is 0 Å². The van der Waals surface area contributed by atoms with Gasteiger partial charge in [0, 0.05) is 26.2 Å². The smallest absolute Gasteiger partial charge is 0.242 e. The Morgan fingerprint density at radius 1 is 1.32 bits per heavy atom. The van der Waals surface area contributed by atoms with E-state index in [0.717, 1.165) is 19.5 Å². The van der Waals surface area contributed by atoms with E-state index in [4.69, 9.17) is 0 Å². The topological polar surface area (TPSA) is 43.8 Å². The number of carbonyl (C=O) groups excluding carboxylic acids is 1. The minimum atomic E-state index is -0.391. The number of amides is 1. The number of carbonyl (C=O) groups is 1. The van der Waals surface area contributed by atoms with Crippen molar-refractivity contribution in [1.29, 1.82) is 0 Å². The molecular weight excluding hydrogens is 240 g/mol. The van der Waals surface area contributed by atoms with Gasteiger partial charge in [0.15, 0.2) is 0 Å². The lowest BCUT2D eigenvalue weighted by atomic mass is 10.0. The number of nitrogens with zero attached hydrogens (tertiary/aromatic N) is 2. The molecule has 0 spiro atoms. The number of hydrogen-bond donors (Lipinski definition) is 1. The minimum Gasteiger partial charge on any atom is -0.394 e. The first-order valence-corrected chi connectivity index (χ1v) is 6.79. The van der Waals surface area contributed by atoms with Crippen LogP contribution in [0.15, 0.2) is 30.3 Å². The van der Waals surface area contributed by atoms with E-state index in [1.54, 1.807) is 11.9 Å². The number of piperazine rings is 1. The second-order valence-electron chi connectivity index (χ2n) is 5.24. The second kappa shape index (κ2) is 6.17. The molecule has 2 unspecified atom stereocenters. The first-order valence-electron chi connectivity index (χ1n) is 6.79. The lowest BCUT2D eigenvalue weighted by Gasteiger charge is -2.43. The van der Waals surface area contributed by atoms with Gasteiger partial charge in [-0.2, -0.15) is 0 Å². The van der Waals surface area contributed by atoms with E-state index in [2.05, 4.69) is 24.0 Å². The molecule has 1 saturated heterocycles. The summed E-state index contributed by atoms with van der Waals surface area (Å²) >= 11 is 0. The third-order valence-corrected chi connectivity index (χ3v) is 3.84. The van der Waals surface area contributed by atoms with Crippen molar-refractivity contribution in [3.05, 3.63) is 35.9 Å². The second-order valence-corrected chi connectivity index (χ2v) is 5.24. The lowest BCUT2D eigenvalue weighted by molar-refractivity contribution is -0.144. The molecule has 104 valence electrons. The van der Waals surface area contributed by atoms with Crippen LogP contribution in [0.25, 0.3) is 0 Å². The van der Waals surface area contributed by atoms with E-state index in [9.17, 15) is 9.90 Å². The Morgan fingerprint density at radius 3 is 2.63 bits per heavy atom. The van der Waals surface area contributed by atoms with Crippen LogP contribution in [0, 0.1) is 0 Å². The van der Waals surface area contributed by atoms with Gasteiger partial charge in [-0.05, 0) is 18.9 Å². The number of benzene rings is 1. The van der Waals surface area contributed by atoms with Crippen molar-refractivity contribution in [3.63, 3.8) is 0 Å². The van der Waals surface area contributed by atoms with Crippen molar-refractivity contribution in [2.45, 2.75) is 25.4 Å². The molecule has 1 heterocycles. The number of rotatable bonds is 4. The molecule has 4 nitrogen and oxygen atoms in total. The molecule has 0 aromatic heterocycles. The van der Waals surface area contributed by atoms with Crippen LogP contribution in [0.5, 0.6) is 0 Å². The Kier molecular flexibility index (Phi) is 4.56. The Morgan fingerprint density at radius 2 is 2.00 bits per heavy atom. The zero-order valence-electron chi connectivity index (χ0n) is 11.6. The van der Waals surface area contributed by atoms with Gasteiger partial charge < -0.3 is 10.0 Å². The molecule has 19 heavy (non-hydrogen) atoms. The molecule has 2 atom stereocenters. The predicted octanol–water partition coefficient (Wildman–Crippen LogP) is 0.752. The normalized spacial score (nSPS) is 24.8. The monoisotopic (exact) mass is 262 g/mol. The summed E-state index contributed by atoms with van der Waals surface area (Å²) in [4.78, 5) is 15.9. The predicted molar refractivity (Wildman–Crippen MR) is 74.8 cm³/mol. The van der Waals surface area contributed by atoms with Crippen molar-refractivity contribution in [3.8, 4) is 0 Å². The first kappa shape index (κ1) is 14.0. The molecule has 0 radical (unpaired) electrons. The molecule has 1 aromatic rings. The SMILES string of the molecule is CC1CN(C)C(=O)C(CO)N1CCc1ccccc1. The van der Waals surface area contributed by atoms with Crippen molar-refractivity contribution >= 4 is 5.91 Å². The van der Waals surface area contributed by atoms with E-state index >= 15 is 0 Å². The van der Waals surface area contributed by atoms with Gasteiger partial charge in [0.05, 0.1) is 6.61 Å². The maximum absolute atomic E-state index is 12.0. The van der Waals surface area contributed by atoms with Crippen molar-refractivity contribution < 1.29 is 9.90 Å². The molecule has 0 bridgehead atoms. The first-order chi connectivity index (χ1) is 9.13. The average molecular weight is 262 g/mol. The van der Waals surface area contributed by atoms with Crippen molar-refractivity contribution in [1.82, 2.24) is 9.80 Å². The molecule has 1 N–H and O–H groups in total. The highest BCUT2D eigenvalue weighted by Crippen LogP contribution is 2.16. The van der Waals surface area contributed by atoms with Crippen molar-refractivity contribution in [2.24, 2.45) is 0 Å². The van der Waals surface area contributed by atoms with Crippen LogP contribution in [0.2, 0.25) is 0 Å². The molecular formula is C15H22N2O2. The Labute approximate surface area is 114 Å². The van der Waals surface area contributed by atoms with Crippen LogP contribution in [0.1, 0.15) is 12.5 Å². The fraction of sp³-hybridized carbons (Fsp3) is 0.533. The summed E-state index contributed by atoms with van der Waals surface area (Å²) in [7, 11) is 1.80. The molecule has 1 amide bonds. The zero-order chi connectivity index (χ0) is 13.8. The largest absolute Gasteiger partial charge is 0.394 e. The van der Waals surface area contributed by atoms with Gasteiger partial charge in [-0.1, -0.05) is 30.3 Å². The Hall–Kier alpha value is -1.39. The van der Waals surface area contributed by atoms with Gasteiger partial charge in [-0.25, -0.2) is 0 Å². The minimum absolute atomic E-state index is 0.0219. The maximum atomic E-state index is 12.0. The number of hydrogen-bond acceptors (Lipinski definition) is 3. The van der Waals surface area contributed by atoms with Gasteiger partial charge in [-0.3, -0.25) is 9.69 Å². The molecule has 2 rings (SSSR count). The Balaban J connectivity index is 2.02. The number of aliphatic hydroxyl groups is 1. The lowest BCUT2D eigenvalue weighted by Crippen LogP contribution is -2.61. The highest BCUT2D eigenvalue weighted by atomic mass is 16.3. The highest BCUT2D eigenvalue weighted by Gasteiger charge is 2.36. The van der Waals surface area contributed by atoms with Gasteiger partial charge in [-0.15, -0.1) is 0 Å². The van der Waals surface area contributed by atoms with E-state index in [1.165, 1.54) is 5.56 Å². The van der Waals surface area contributed by atoms with E-state index in [0.29, 0.717) is 0 Å². The summed E-state index contributed by atoms with van der Waals surface area (Å²) in [5, 5.41) is 9.48. The quantitative estimate of drug-likeness (QED) is 0.871. The van der Waals surface area contributed by atoms with Gasteiger partial charge >= 0.3 is 0 Å². The summed E-state index contributed by atoms with van der Waals surface area (Å²) in [6.07, 6.45) is 0.901. The molecule has 1 aliphatic heterocycles. The summed E-state index contributed by atoms with van der Waals surface area (Å²) in [5.41, 5.74) is 1.26. The Bertz CT molecular complexity index is 421. The summed E-state index contributed by atoms with van der Waals surface area (Å²) in [6, 6.07) is 10.1. The van der Waals surface area contributed by atoms with Gasteiger partial charge in [0.1, 0.15) is 6.04 Å². The van der Waals surface area contributed by atoms with Gasteiger partial charge in [0.25, 0.3) is 0 Å². The number of aliphatic hydroxyl groups excluding tert-OH is 1. The fourth-order valence-corrected chi connectivity index (χ4v) is 2.76. The number of likely N-dealkylation sites (N-methyl/N-ethyl adjacent to an activating group) is 1. The van der Waals surface area contributed by atoms with Gasteiger partial charge in [0.2, 0.25) is 5.91 Å². The fourth-order valence-electron chi connectivity index (χ4n) is 2.76. The highest BCUT2D eigenvalue weighted by molar-refractivity contribution is 5.82. The third-order valence-electron chi connectivity index (χ3n) is 3.84. The molecule has 4 heteroatoms. The van der Waals surface area contributed by atoms with Crippen LogP contribution >= 0.6 is 0 Å². The average Bonchev–Trinajstić information content (AvgIpc) is 2.42. The molecule has 0 saturated carbocycles. The van der Waals surface area contributed by atoms with Crippen LogP contribution in [0.3, 0.4) is 0 Å². The standard InChI is InChI=1S/C15H22N2O2/c1-12-10-16(2)15(19)14(11-18)17(12)9-8-13-6-4-3-5-7-13/h3-7,12,14,18H,8-11H2,1-2H3. The van der Waals surface area contributed by atoms with E-state index in [-0.39, 0.29) is 18.6 Å². The maximum Gasteiger partial charge on any atom is 0.242 e.